The summed E-state index contributed by atoms with van der Waals surface area (Å²) in [6.45, 7) is 4.74. The van der Waals surface area contributed by atoms with Gasteiger partial charge in [0.25, 0.3) is 0 Å². The van der Waals surface area contributed by atoms with E-state index >= 15 is 0 Å². The molecule has 0 saturated carbocycles. The van der Waals surface area contributed by atoms with Crippen molar-refractivity contribution in [1.82, 2.24) is 0 Å². The van der Waals surface area contributed by atoms with Gasteiger partial charge in [0.2, 0.25) is 0 Å². The predicted octanol–water partition coefficient (Wildman–Crippen LogP) is 14.5. The zero-order valence-electron chi connectivity index (χ0n) is 43.4. The zero-order chi connectivity index (χ0) is 52.0. The van der Waals surface area contributed by atoms with E-state index in [2.05, 4.69) is 159 Å². The van der Waals surface area contributed by atoms with E-state index in [0.717, 1.165) is 89.1 Å². The number of unbranched alkanes of at least 4 members (excludes halogenated alkanes) is 10. The minimum Gasteiger partial charge on any atom is -1.00 e. The molecule has 0 spiro atoms. The van der Waals surface area contributed by atoms with Crippen molar-refractivity contribution in [3.63, 3.8) is 0 Å². The minimum absolute atomic E-state index is 0. The Labute approximate surface area is 507 Å². The van der Waals surface area contributed by atoms with Crippen LogP contribution in [0.3, 0.4) is 0 Å². The molecule has 6 aromatic carbocycles. The molecule has 2 N–H and O–H groups in total. The molecule has 0 aromatic heterocycles. The van der Waals surface area contributed by atoms with Crippen molar-refractivity contribution in [3.8, 4) is 0 Å². The van der Waals surface area contributed by atoms with Gasteiger partial charge < -0.3 is 34.4 Å². The first-order valence-electron chi connectivity index (χ1n) is 26.9. The summed E-state index contributed by atoms with van der Waals surface area (Å²) in [6.07, 6.45) is 22.7. The van der Waals surface area contributed by atoms with Crippen LogP contribution in [0, 0.1) is 0 Å². The fourth-order valence-corrected chi connectivity index (χ4v) is 22.9. The third-order valence-corrected chi connectivity index (χ3v) is 28.1. The number of fused-ring (bicyclic) bond motifs is 8. The molecular weight excluding hydrogens is 1240 g/mol. The minimum atomic E-state index is -3.00. The van der Waals surface area contributed by atoms with Gasteiger partial charge >= 0.3 is 311 Å². The summed E-state index contributed by atoms with van der Waals surface area (Å²) in [7, 11) is -3.00. The van der Waals surface area contributed by atoms with Crippen LogP contribution < -0.4 is 24.8 Å². The second-order valence-electron chi connectivity index (χ2n) is 21.3. The number of allylic oxidation sites excluding steroid dienone is 4. The molecule has 4 atom stereocenters. The van der Waals surface area contributed by atoms with Crippen molar-refractivity contribution in [3.05, 3.63) is 188 Å². The van der Waals surface area contributed by atoms with Crippen molar-refractivity contribution in [1.29, 1.82) is 0 Å². The van der Waals surface area contributed by atoms with Crippen molar-refractivity contribution in [2.75, 3.05) is 0 Å². The van der Waals surface area contributed by atoms with Crippen LogP contribution in [-0.4, -0.2) is 30.2 Å². The molecule has 0 radical (unpaired) electrons. The third kappa shape index (κ3) is 15.6. The van der Waals surface area contributed by atoms with Crippen LogP contribution in [0.5, 0.6) is 0 Å². The molecule has 0 amide bonds. The van der Waals surface area contributed by atoms with Gasteiger partial charge in [0.05, 0.1) is 0 Å². The van der Waals surface area contributed by atoms with Crippen molar-refractivity contribution >= 4 is 133 Å². The molecule has 2 nitrogen and oxygen atoms in total. The quantitative estimate of drug-likeness (QED) is 0.0404. The zero-order valence-corrected chi connectivity index (χ0v) is 54.9. The summed E-state index contributed by atoms with van der Waals surface area (Å²) in [5.74, 6) is 0.689. The van der Waals surface area contributed by atoms with Gasteiger partial charge in [0.15, 0.2) is 0 Å². The largest absolute Gasteiger partial charge is 1.00 e. The molecular formula is C62H68Cl8O2Si3Zr. The monoisotopic (exact) mass is 1300 g/mol. The van der Waals surface area contributed by atoms with Crippen LogP contribution in [0.4, 0.5) is 0 Å². The Balaban J connectivity index is 0.000000252. The molecule has 4 aliphatic rings. The first-order valence-corrected chi connectivity index (χ1v) is 42.5. The van der Waals surface area contributed by atoms with Crippen molar-refractivity contribution in [2.45, 2.75) is 134 Å². The number of hydrogen-bond acceptors (Lipinski definition) is 2. The van der Waals surface area contributed by atoms with E-state index in [-0.39, 0.29) is 24.8 Å². The van der Waals surface area contributed by atoms with E-state index in [1.807, 2.05) is 0 Å². The number of benzene rings is 6. The van der Waals surface area contributed by atoms with Gasteiger partial charge in [-0.2, -0.15) is 0 Å². The molecule has 0 fully saturated rings. The van der Waals surface area contributed by atoms with Crippen molar-refractivity contribution in [2.24, 2.45) is 0 Å². The normalized spacial score (nSPS) is 18.2. The molecule has 4 aliphatic carbocycles. The fourth-order valence-electron chi connectivity index (χ4n) is 12.2. The maximum atomic E-state index is 10.2. The Bertz CT molecular complexity index is 2890. The Morgan fingerprint density at radius 1 is 0.395 bits per heavy atom. The number of rotatable bonds is 22. The molecule has 14 heteroatoms. The summed E-state index contributed by atoms with van der Waals surface area (Å²) in [5.41, 5.74) is 18.0. The first-order chi connectivity index (χ1) is 35.6. The second kappa shape index (κ2) is 28.0. The van der Waals surface area contributed by atoms with E-state index in [1.165, 1.54) is 66.1 Å². The van der Waals surface area contributed by atoms with Gasteiger partial charge in [-0.05, 0) is 24.2 Å². The topological polar surface area (TPSA) is 40.5 Å². The summed E-state index contributed by atoms with van der Waals surface area (Å²) >= 11 is 34.0. The predicted molar refractivity (Wildman–Crippen MR) is 326 cm³/mol. The standard InChI is InChI=1S/2C23H17.C16H34Cl6O2Si3.2ClH.Zr/c2*1-15-12-22-20-9-5-4-6-16(20)10-11-21(22)23(15)19-13-17-7-2-3-8-18(17)14-19;17-26(18,19)15-11-7-3-1-5-9-13-25(23,24)14-10-6-2-4-8-12-16-27(20,21)22;;;/h2*2-14,23H,1H3;23-24H,1-16H2;2*1H;/q;;;;;+2/p-2. The van der Waals surface area contributed by atoms with Gasteiger partial charge in [-0.15, -0.1) is 66.5 Å². The van der Waals surface area contributed by atoms with Crippen LogP contribution in [0.1, 0.15) is 154 Å². The van der Waals surface area contributed by atoms with Gasteiger partial charge in [-0.25, -0.2) is 0 Å². The summed E-state index contributed by atoms with van der Waals surface area (Å²) in [5, 5.41) is 5.42. The number of halogens is 8. The van der Waals surface area contributed by atoms with Gasteiger partial charge in [0.1, 0.15) is 0 Å². The maximum Gasteiger partial charge on any atom is 0.341 e. The molecule has 0 bridgehead atoms. The molecule has 4 unspecified atom stereocenters. The van der Waals surface area contributed by atoms with Gasteiger partial charge in [0, 0.05) is 0 Å². The Morgan fingerprint density at radius 3 is 1.13 bits per heavy atom. The van der Waals surface area contributed by atoms with E-state index < -0.39 is 43.8 Å². The smallest absolute Gasteiger partial charge is 0.341 e. The summed E-state index contributed by atoms with van der Waals surface area (Å²) < 4.78 is 1.03. The van der Waals surface area contributed by atoms with Crippen LogP contribution in [-0.2, 0) is 23.2 Å². The molecule has 400 valence electrons. The van der Waals surface area contributed by atoms with E-state index in [9.17, 15) is 9.59 Å². The fraction of sp³-hybridized carbons (Fsp3) is 0.355. The maximum absolute atomic E-state index is 10.2. The van der Waals surface area contributed by atoms with Crippen LogP contribution in [0.15, 0.2) is 144 Å². The van der Waals surface area contributed by atoms with Crippen LogP contribution >= 0.6 is 66.5 Å². The van der Waals surface area contributed by atoms with E-state index in [1.54, 1.807) is 22.3 Å². The molecule has 0 aliphatic heterocycles. The SMILES string of the molecule is CC1=Cc2c(ccc3ccccc23)C1C1=Cc2ccccc2[CH]1[Zr+2][CH]1C(C2C(C)=Cc3c2ccc2ccccc32)=Cc2ccccc21.O[Si](O)(CCCCCCCC[Si](Cl)(Cl)Cl)CCCCCCCC[Si](Cl)(Cl)Cl.[Cl-].[Cl-]. The summed E-state index contributed by atoms with van der Waals surface area (Å²) in [4.78, 5) is 20.4. The molecule has 0 saturated heterocycles. The molecule has 10 rings (SSSR count). The molecule has 76 heavy (non-hydrogen) atoms. The van der Waals surface area contributed by atoms with Crippen LogP contribution in [0.25, 0.3) is 45.8 Å². The summed E-state index contributed by atoms with van der Waals surface area (Å²) in [6, 6.07) is 43.6. The average molecular weight is 1300 g/mol. The van der Waals surface area contributed by atoms with Gasteiger partial charge in [-0.1, -0.05) is 77.0 Å². The van der Waals surface area contributed by atoms with Crippen LogP contribution in [0.2, 0.25) is 24.2 Å². The average Bonchev–Trinajstić information content (AvgIpc) is 4.12. The Morgan fingerprint density at radius 2 is 0.737 bits per heavy atom. The Hall–Kier alpha value is -1.43. The third-order valence-electron chi connectivity index (χ3n) is 15.8. The van der Waals surface area contributed by atoms with E-state index in [4.69, 9.17) is 66.5 Å². The van der Waals surface area contributed by atoms with Crippen molar-refractivity contribution < 1.29 is 57.6 Å². The van der Waals surface area contributed by atoms with Gasteiger partial charge in [-0.3, -0.25) is 0 Å². The van der Waals surface area contributed by atoms with E-state index in [0.29, 0.717) is 31.2 Å². The number of hydrogen-bond donors (Lipinski definition) is 2. The molecule has 6 aromatic rings. The second-order valence-corrected chi connectivity index (χ2v) is 46.4. The first kappa shape index (κ1) is 62.2. The molecule has 0 heterocycles. The Kier molecular flexibility index (Phi) is 22.9.